The lowest BCUT2D eigenvalue weighted by molar-refractivity contribution is 1.38. The van der Waals surface area contributed by atoms with Gasteiger partial charge in [0.1, 0.15) is 0 Å². The molecule has 0 heterocycles. The highest BCUT2D eigenvalue weighted by Crippen LogP contribution is 2.15. The van der Waals surface area contributed by atoms with Crippen molar-refractivity contribution in [2.24, 2.45) is 0 Å². The van der Waals surface area contributed by atoms with E-state index >= 15 is 0 Å². The molecule has 0 bridgehead atoms. The number of rotatable bonds is 3. The predicted molar refractivity (Wildman–Crippen MR) is 70.0 cm³/mol. The number of hydrogen-bond donors (Lipinski definition) is 1. The third-order valence-electron chi connectivity index (χ3n) is 1.95. The van der Waals surface area contributed by atoms with Gasteiger partial charge in [0.25, 0.3) is 0 Å². The van der Waals surface area contributed by atoms with Crippen molar-refractivity contribution in [2.75, 3.05) is 5.32 Å². The van der Waals surface area contributed by atoms with Crippen LogP contribution in [0.1, 0.15) is 12.5 Å². The monoisotopic (exact) mass is 201 g/mol. The van der Waals surface area contributed by atoms with Gasteiger partial charge in [-0.1, -0.05) is 30.9 Å². The number of anilines is 1. The molecule has 0 fully saturated rings. The molecule has 0 aliphatic heterocycles. The fourth-order valence-electron chi connectivity index (χ4n) is 1.11. The molecule has 0 saturated heterocycles. The minimum atomic E-state index is 1.04. The second kappa shape index (κ2) is 7.63. The second-order valence-corrected chi connectivity index (χ2v) is 2.89. The minimum absolute atomic E-state index is 1.04. The van der Waals surface area contributed by atoms with Gasteiger partial charge in [-0.15, -0.1) is 13.2 Å². The molecule has 0 aromatic heterocycles. The van der Waals surface area contributed by atoms with Crippen molar-refractivity contribution in [2.45, 2.75) is 13.8 Å². The number of aryl methyl sites for hydroxylation is 1. The molecule has 0 atom stereocenters. The van der Waals surface area contributed by atoms with E-state index in [0.29, 0.717) is 0 Å². The molecule has 0 unspecified atom stereocenters. The van der Waals surface area contributed by atoms with Crippen LogP contribution in [0.3, 0.4) is 0 Å². The van der Waals surface area contributed by atoms with Crippen LogP contribution in [0.5, 0.6) is 0 Å². The topological polar surface area (TPSA) is 12.0 Å². The third kappa shape index (κ3) is 4.32. The van der Waals surface area contributed by atoms with E-state index in [0.717, 1.165) is 11.4 Å². The number of benzene rings is 1. The van der Waals surface area contributed by atoms with Gasteiger partial charge in [0.15, 0.2) is 0 Å². The molecule has 80 valence electrons. The molecule has 0 amide bonds. The summed E-state index contributed by atoms with van der Waals surface area (Å²) in [5.74, 6) is 0. The highest BCUT2D eigenvalue weighted by molar-refractivity contribution is 5.55. The van der Waals surface area contributed by atoms with Gasteiger partial charge in [-0.05, 0) is 31.6 Å². The van der Waals surface area contributed by atoms with Crippen molar-refractivity contribution in [3.8, 4) is 0 Å². The van der Waals surface area contributed by atoms with E-state index in [1.54, 1.807) is 0 Å². The zero-order valence-electron chi connectivity index (χ0n) is 9.59. The van der Waals surface area contributed by atoms with E-state index in [4.69, 9.17) is 0 Å². The molecule has 0 spiro atoms. The van der Waals surface area contributed by atoms with E-state index in [9.17, 15) is 0 Å². The minimum Gasteiger partial charge on any atom is -0.356 e. The van der Waals surface area contributed by atoms with Crippen molar-refractivity contribution >= 4 is 5.69 Å². The Morgan fingerprint density at radius 1 is 1.27 bits per heavy atom. The molecule has 1 rings (SSSR count). The first kappa shape index (κ1) is 13.2. The van der Waals surface area contributed by atoms with Crippen molar-refractivity contribution in [3.63, 3.8) is 0 Å². The maximum absolute atomic E-state index is 3.73. The van der Waals surface area contributed by atoms with Crippen LogP contribution in [0.15, 0.2) is 61.9 Å². The molecule has 0 aliphatic carbocycles. The van der Waals surface area contributed by atoms with Crippen LogP contribution in [0.4, 0.5) is 5.69 Å². The average molecular weight is 201 g/mol. The van der Waals surface area contributed by atoms with Crippen molar-refractivity contribution < 1.29 is 0 Å². The smallest absolute Gasteiger partial charge is 0.0413 e. The van der Waals surface area contributed by atoms with Gasteiger partial charge < -0.3 is 5.32 Å². The summed E-state index contributed by atoms with van der Waals surface area (Å²) >= 11 is 0. The van der Waals surface area contributed by atoms with Crippen LogP contribution in [-0.2, 0) is 0 Å². The summed E-state index contributed by atoms with van der Waals surface area (Å²) in [4.78, 5) is 0. The largest absolute Gasteiger partial charge is 0.356 e. The van der Waals surface area contributed by atoms with E-state index in [-0.39, 0.29) is 0 Å². The van der Waals surface area contributed by atoms with Gasteiger partial charge in [0.2, 0.25) is 0 Å². The van der Waals surface area contributed by atoms with E-state index in [1.807, 2.05) is 31.2 Å². The number of para-hydroxylation sites is 1. The Morgan fingerprint density at radius 3 is 2.33 bits per heavy atom. The molecule has 0 aliphatic rings. The molecule has 0 radical (unpaired) electrons. The van der Waals surface area contributed by atoms with Crippen LogP contribution < -0.4 is 5.32 Å². The van der Waals surface area contributed by atoms with Gasteiger partial charge >= 0.3 is 0 Å². The summed E-state index contributed by atoms with van der Waals surface area (Å²) in [6.45, 7) is 13.8. The quantitative estimate of drug-likeness (QED) is 0.568. The number of hydrogen-bond acceptors (Lipinski definition) is 1. The van der Waals surface area contributed by atoms with Crippen LogP contribution in [-0.4, -0.2) is 0 Å². The lowest BCUT2D eigenvalue weighted by Crippen LogP contribution is -1.97. The van der Waals surface area contributed by atoms with Crippen LogP contribution >= 0.6 is 0 Å². The highest BCUT2D eigenvalue weighted by Gasteiger charge is 1.95. The van der Waals surface area contributed by atoms with E-state index < -0.39 is 0 Å². The zero-order chi connectivity index (χ0) is 11.7. The van der Waals surface area contributed by atoms with E-state index in [1.165, 1.54) is 5.56 Å². The molecule has 0 saturated carbocycles. The maximum atomic E-state index is 3.73. The number of nitrogens with one attached hydrogen (secondary N) is 1. The maximum Gasteiger partial charge on any atom is 0.0413 e. The Labute approximate surface area is 92.8 Å². The Hall–Kier alpha value is -1.76. The summed E-state index contributed by atoms with van der Waals surface area (Å²) < 4.78 is 0. The molecule has 1 nitrogen and oxygen atoms in total. The van der Waals surface area contributed by atoms with Gasteiger partial charge in [0.05, 0.1) is 0 Å². The Bertz CT molecular complexity index is 337. The first-order chi connectivity index (χ1) is 7.27. The Morgan fingerprint density at radius 2 is 1.87 bits per heavy atom. The van der Waals surface area contributed by atoms with Gasteiger partial charge in [0, 0.05) is 11.4 Å². The lowest BCUT2D eigenvalue weighted by Gasteiger charge is -2.08. The van der Waals surface area contributed by atoms with E-state index in [2.05, 4.69) is 44.1 Å². The number of allylic oxidation sites excluding steroid dienone is 2. The van der Waals surface area contributed by atoms with Crippen molar-refractivity contribution in [3.05, 3.63) is 67.4 Å². The Balaban J connectivity index is 0.000000921. The summed E-state index contributed by atoms with van der Waals surface area (Å²) in [6.07, 6.45) is 3.81. The van der Waals surface area contributed by atoms with Gasteiger partial charge in [-0.3, -0.25) is 0 Å². The zero-order valence-corrected chi connectivity index (χ0v) is 9.59. The summed E-state index contributed by atoms with van der Waals surface area (Å²) in [5.41, 5.74) is 3.41. The van der Waals surface area contributed by atoms with Crippen LogP contribution in [0.25, 0.3) is 0 Å². The third-order valence-corrected chi connectivity index (χ3v) is 1.95. The standard InChI is InChI=1S/C12H15N.C2H4/c1-4-11(5-2)13-12-9-7-6-8-10(12)3;1-2/h4-9,13H,1H2,2-3H3;1-2H2/b11-5+;. The first-order valence-electron chi connectivity index (χ1n) is 4.89. The van der Waals surface area contributed by atoms with Gasteiger partial charge in [-0.25, -0.2) is 0 Å². The lowest BCUT2D eigenvalue weighted by atomic mass is 10.2. The first-order valence-corrected chi connectivity index (χ1v) is 4.89. The second-order valence-electron chi connectivity index (χ2n) is 2.89. The summed E-state index contributed by atoms with van der Waals surface area (Å²) in [7, 11) is 0. The Kier molecular flexibility index (Phi) is 6.73. The summed E-state index contributed by atoms with van der Waals surface area (Å²) in [5, 5.41) is 3.29. The normalized spacial score (nSPS) is 9.87. The fourth-order valence-corrected chi connectivity index (χ4v) is 1.11. The van der Waals surface area contributed by atoms with Crippen molar-refractivity contribution in [1.29, 1.82) is 0 Å². The average Bonchev–Trinajstić information content (AvgIpc) is 2.31. The SMILES string of the molecule is C=C.C=C/C(=C\C)Nc1ccccc1C. The predicted octanol–water partition coefficient (Wildman–Crippen LogP) is 4.30. The van der Waals surface area contributed by atoms with Crippen LogP contribution in [0.2, 0.25) is 0 Å². The molecule has 1 aromatic carbocycles. The molecular formula is C14H19N. The molecule has 1 N–H and O–H groups in total. The summed E-state index contributed by atoms with van der Waals surface area (Å²) in [6, 6.07) is 8.19. The molecule has 1 aromatic rings. The highest BCUT2D eigenvalue weighted by atomic mass is 14.9. The van der Waals surface area contributed by atoms with Crippen molar-refractivity contribution in [1.82, 2.24) is 0 Å². The molecular weight excluding hydrogens is 182 g/mol. The fraction of sp³-hybridized carbons (Fsp3) is 0.143. The molecule has 15 heavy (non-hydrogen) atoms. The van der Waals surface area contributed by atoms with Gasteiger partial charge in [-0.2, -0.15) is 0 Å². The van der Waals surface area contributed by atoms with Crippen LogP contribution in [0, 0.1) is 6.92 Å². The molecule has 1 heteroatoms.